The van der Waals surface area contributed by atoms with E-state index < -0.39 is 0 Å². The van der Waals surface area contributed by atoms with E-state index in [9.17, 15) is 0 Å². The highest BCUT2D eigenvalue weighted by Gasteiger charge is 2.22. The van der Waals surface area contributed by atoms with E-state index in [1.165, 1.54) is 33.0 Å². The van der Waals surface area contributed by atoms with Crippen LogP contribution in [0, 0.1) is 11.8 Å². The summed E-state index contributed by atoms with van der Waals surface area (Å²) in [6, 6.07) is 38.4. The van der Waals surface area contributed by atoms with Crippen LogP contribution in [0.1, 0.15) is 33.4 Å². The zero-order valence-electron chi connectivity index (χ0n) is 25.0. The summed E-state index contributed by atoms with van der Waals surface area (Å²) < 4.78 is 0. The molecule has 0 fully saturated rings. The highest BCUT2D eigenvalue weighted by Crippen LogP contribution is 2.36. The van der Waals surface area contributed by atoms with E-state index in [1.54, 1.807) is 0 Å². The maximum absolute atomic E-state index is 5.10. The van der Waals surface area contributed by atoms with Gasteiger partial charge in [-0.3, -0.25) is 0 Å². The maximum Gasteiger partial charge on any atom is 0.0929 e. The topological polar surface area (TPSA) is 51.6 Å². The number of fused-ring (bicyclic) bond motifs is 10. The van der Waals surface area contributed by atoms with Crippen molar-refractivity contribution in [3.63, 3.8) is 0 Å². The third-order valence-electron chi connectivity index (χ3n) is 9.52. The lowest BCUT2D eigenvalue weighted by molar-refractivity contribution is 0.923. The molecule has 46 heavy (non-hydrogen) atoms. The zero-order chi connectivity index (χ0) is 30.2. The minimum atomic E-state index is 0.967. The summed E-state index contributed by atoms with van der Waals surface area (Å²) in [6.45, 7) is 0. The van der Waals surface area contributed by atoms with Gasteiger partial charge < -0.3 is 0 Å². The zero-order valence-corrected chi connectivity index (χ0v) is 25.0. The van der Waals surface area contributed by atoms with Gasteiger partial charge in [-0.25, -0.2) is 19.9 Å². The molecule has 4 heteroatoms. The van der Waals surface area contributed by atoms with Gasteiger partial charge in [-0.2, -0.15) is 0 Å². The number of nitrogens with zero attached hydrogens (tertiary/aromatic N) is 4. The lowest BCUT2D eigenvalue weighted by Crippen LogP contribution is -2.08. The fourth-order valence-corrected chi connectivity index (χ4v) is 7.18. The second-order valence-corrected chi connectivity index (χ2v) is 12.4. The first kappa shape index (κ1) is 25.4. The summed E-state index contributed by atoms with van der Waals surface area (Å²) in [5.41, 5.74) is 15.1. The lowest BCUT2D eigenvalue weighted by Gasteiger charge is -2.19. The molecule has 0 aliphatic heterocycles. The molecule has 0 N–H and O–H groups in total. The molecule has 10 rings (SSSR count). The molecule has 0 saturated carbocycles. The number of rotatable bonds is 0. The molecule has 4 heterocycles. The van der Waals surface area contributed by atoms with Gasteiger partial charge in [0.05, 0.1) is 44.8 Å². The maximum atomic E-state index is 5.10. The Morgan fingerprint density at radius 1 is 0.348 bits per heavy atom. The summed E-state index contributed by atoms with van der Waals surface area (Å²) in [4.78, 5) is 20.2. The minimum absolute atomic E-state index is 0.967. The number of para-hydroxylation sites is 2. The Morgan fingerprint density at radius 2 is 0.696 bits per heavy atom. The Balaban J connectivity index is 0.980. The Morgan fingerprint density at radius 3 is 1.11 bits per heavy atom. The highest BCUT2D eigenvalue weighted by atomic mass is 14.8. The molecule has 2 aliphatic rings. The van der Waals surface area contributed by atoms with Gasteiger partial charge in [-0.1, -0.05) is 48.2 Å². The SMILES string of the molecule is C(#Cc1ccc2nc3c(cc2c1)CCc1cc2ccccc2nc1-3)c1ccc2nc3c(cc2c1)CCc1cc2ccccc2nc1-3. The average Bonchev–Trinajstić information content (AvgIpc) is 3.10. The molecule has 4 aromatic heterocycles. The standard InChI is InChI=1S/C42H26N4/c1-3-7-35-27(5-1)21-29-13-15-31-23-33-19-25(11-17-37(33)45-41(31)39(29)43-35)9-10-26-12-18-38-34(20-26)24-32-16-14-30-22-28-6-2-4-8-36(28)44-40(30)42(32)46-38/h1-8,11-12,17-24H,13-16H2. The predicted molar refractivity (Wildman–Crippen MR) is 186 cm³/mol. The van der Waals surface area contributed by atoms with Crippen LogP contribution in [0.2, 0.25) is 0 Å². The number of aryl methyl sites for hydroxylation is 4. The monoisotopic (exact) mass is 586 g/mol. The fourth-order valence-electron chi connectivity index (χ4n) is 7.18. The van der Waals surface area contributed by atoms with Crippen LogP contribution in [0.15, 0.2) is 109 Å². The Labute approximate surface area is 265 Å². The summed E-state index contributed by atoms with van der Waals surface area (Å²) in [7, 11) is 0. The summed E-state index contributed by atoms with van der Waals surface area (Å²) in [6.07, 6.45) is 3.89. The van der Waals surface area contributed by atoms with Crippen molar-refractivity contribution in [1.82, 2.24) is 19.9 Å². The van der Waals surface area contributed by atoms with Crippen LogP contribution in [-0.2, 0) is 25.7 Å². The molecule has 214 valence electrons. The second kappa shape index (κ2) is 9.79. The van der Waals surface area contributed by atoms with Gasteiger partial charge in [0.15, 0.2) is 0 Å². The first-order chi connectivity index (χ1) is 22.7. The first-order valence-corrected chi connectivity index (χ1v) is 15.9. The predicted octanol–water partition coefficient (Wildman–Crippen LogP) is 8.81. The van der Waals surface area contributed by atoms with Gasteiger partial charge >= 0.3 is 0 Å². The van der Waals surface area contributed by atoms with Crippen LogP contribution in [0.5, 0.6) is 0 Å². The van der Waals surface area contributed by atoms with E-state index in [0.29, 0.717) is 0 Å². The van der Waals surface area contributed by atoms with Crippen molar-refractivity contribution in [1.29, 1.82) is 0 Å². The highest BCUT2D eigenvalue weighted by molar-refractivity contribution is 5.90. The van der Waals surface area contributed by atoms with Crippen molar-refractivity contribution in [2.24, 2.45) is 0 Å². The van der Waals surface area contributed by atoms with Crippen molar-refractivity contribution in [2.75, 3.05) is 0 Å². The molecule has 0 amide bonds. The quantitative estimate of drug-likeness (QED) is 0.167. The van der Waals surface area contributed by atoms with Gasteiger partial charge in [-0.05, 0) is 121 Å². The number of aromatic nitrogens is 4. The third kappa shape index (κ3) is 4.09. The Kier molecular flexibility index (Phi) is 5.41. The van der Waals surface area contributed by atoms with Gasteiger partial charge in [0, 0.05) is 32.7 Å². The lowest BCUT2D eigenvalue weighted by atomic mass is 9.90. The molecule has 0 bridgehead atoms. The minimum Gasteiger partial charge on any atom is -0.246 e. The van der Waals surface area contributed by atoms with Gasteiger partial charge in [-0.15, -0.1) is 0 Å². The van der Waals surface area contributed by atoms with E-state index >= 15 is 0 Å². The van der Waals surface area contributed by atoms with Crippen LogP contribution < -0.4 is 0 Å². The molecule has 0 unspecified atom stereocenters. The molecular formula is C42H26N4. The van der Waals surface area contributed by atoms with Crippen molar-refractivity contribution in [3.05, 3.63) is 143 Å². The molecule has 0 saturated heterocycles. The summed E-state index contributed by atoms with van der Waals surface area (Å²) in [5, 5.41) is 4.61. The molecule has 4 aromatic carbocycles. The number of benzene rings is 4. The van der Waals surface area contributed by atoms with E-state index in [-0.39, 0.29) is 0 Å². The largest absolute Gasteiger partial charge is 0.246 e. The van der Waals surface area contributed by atoms with Gasteiger partial charge in [0.25, 0.3) is 0 Å². The molecule has 0 radical (unpaired) electrons. The number of hydrogen-bond donors (Lipinski definition) is 0. The van der Waals surface area contributed by atoms with Crippen molar-refractivity contribution in [3.8, 4) is 34.6 Å². The van der Waals surface area contributed by atoms with E-state index in [4.69, 9.17) is 19.9 Å². The molecule has 0 atom stereocenters. The number of pyridine rings is 4. The van der Waals surface area contributed by atoms with Crippen LogP contribution in [0.3, 0.4) is 0 Å². The third-order valence-corrected chi connectivity index (χ3v) is 9.52. The molecule has 8 aromatic rings. The molecule has 4 nitrogen and oxygen atoms in total. The van der Waals surface area contributed by atoms with E-state index in [0.717, 1.165) is 92.4 Å². The van der Waals surface area contributed by atoms with E-state index in [1.807, 2.05) is 12.1 Å². The van der Waals surface area contributed by atoms with Gasteiger partial charge in [0.1, 0.15) is 0 Å². The van der Waals surface area contributed by atoms with Crippen LogP contribution in [0.25, 0.3) is 66.4 Å². The normalized spacial score (nSPS) is 13.1. The van der Waals surface area contributed by atoms with Crippen LogP contribution in [0.4, 0.5) is 0 Å². The second-order valence-electron chi connectivity index (χ2n) is 12.4. The summed E-state index contributed by atoms with van der Waals surface area (Å²) >= 11 is 0. The van der Waals surface area contributed by atoms with Crippen LogP contribution in [-0.4, -0.2) is 19.9 Å². The van der Waals surface area contributed by atoms with Crippen molar-refractivity contribution < 1.29 is 0 Å². The number of hydrogen-bond acceptors (Lipinski definition) is 4. The molecular weight excluding hydrogens is 560 g/mol. The van der Waals surface area contributed by atoms with E-state index in [2.05, 4.69) is 109 Å². The smallest absolute Gasteiger partial charge is 0.0929 e. The Hall–Kier alpha value is -5.92. The first-order valence-electron chi connectivity index (χ1n) is 15.9. The van der Waals surface area contributed by atoms with Crippen molar-refractivity contribution >= 4 is 43.6 Å². The molecule has 2 aliphatic carbocycles. The van der Waals surface area contributed by atoms with Crippen molar-refractivity contribution in [2.45, 2.75) is 25.7 Å². The molecule has 0 spiro atoms. The average molecular weight is 587 g/mol. The Bertz CT molecular complexity index is 2480. The van der Waals surface area contributed by atoms with Gasteiger partial charge in [0.2, 0.25) is 0 Å². The summed E-state index contributed by atoms with van der Waals surface area (Å²) in [5.74, 6) is 6.81. The van der Waals surface area contributed by atoms with Crippen LogP contribution >= 0.6 is 0 Å². The fraction of sp³-hybridized carbons (Fsp3) is 0.0952.